The third kappa shape index (κ3) is 3.61. The summed E-state index contributed by atoms with van der Waals surface area (Å²) >= 11 is 0. The Morgan fingerprint density at radius 2 is 1.00 bits per heavy atom. The number of nitrogens with zero attached hydrogens (tertiary/aromatic N) is 2. The Kier molecular flexibility index (Phi) is 5.46. The second-order valence-corrected chi connectivity index (χ2v) is 10.8. The molecule has 6 aromatic carbocycles. The summed E-state index contributed by atoms with van der Waals surface area (Å²) in [5, 5.41) is 2.47. The van der Waals surface area contributed by atoms with Crippen LogP contribution in [0.15, 0.2) is 168 Å². The van der Waals surface area contributed by atoms with Crippen LogP contribution in [0.2, 0.25) is 0 Å². The van der Waals surface area contributed by atoms with Gasteiger partial charge in [0, 0.05) is 5.57 Å². The molecule has 2 aliphatic rings. The van der Waals surface area contributed by atoms with Gasteiger partial charge in [0.25, 0.3) is 0 Å². The largest absolute Gasteiger partial charge is 0.325 e. The molecular weight excluding hydrogens is 496 g/mol. The molecule has 0 amide bonds. The number of hydrogen-bond acceptors (Lipinski definition) is 2. The Labute approximate surface area is 240 Å². The van der Waals surface area contributed by atoms with E-state index in [9.17, 15) is 0 Å². The third-order valence-electron chi connectivity index (χ3n) is 8.49. The lowest BCUT2D eigenvalue weighted by molar-refractivity contribution is 0.353. The molecule has 2 heterocycles. The molecule has 8 rings (SSSR count). The predicted molar refractivity (Wildman–Crippen MR) is 169 cm³/mol. The molecule has 0 atom stereocenters. The zero-order valence-electron chi connectivity index (χ0n) is 22.6. The molecule has 0 radical (unpaired) electrons. The molecule has 2 heteroatoms. The van der Waals surface area contributed by atoms with Gasteiger partial charge in [0.2, 0.25) is 0 Å². The van der Waals surface area contributed by atoms with E-state index in [2.05, 4.69) is 163 Å². The minimum Gasteiger partial charge on any atom is -0.325 e. The highest BCUT2D eigenvalue weighted by Crippen LogP contribution is 2.57. The molecule has 0 N–H and O–H groups in total. The smallest absolute Gasteiger partial charge is 0.131 e. The molecule has 0 saturated carbocycles. The summed E-state index contributed by atoms with van der Waals surface area (Å²) in [5.74, 6) is 1.08. The van der Waals surface area contributed by atoms with Crippen molar-refractivity contribution in [2.45, 2.75) is 12.0 Å². The van der Waals surface area contributed by atoms with Gasteiger partial charge in [-0.2, -0.15) is 0 Å². The lowest BCUT2D eigenvalue weighted by Gasteiger charge is -2.57. The molecule has 0 unspecified atom stereocenters. The van der Waals surface area contributed by atoms with Crippen LogP contribution in [0.1, 0.15) is 27.8 Å². The fraction of sp³-hybridized carbons (Fsp3) is 0.0513. The summed E-state index contributed by atoms with van der Waals surface area (Å²) in [6, 6.07) is 56.7. The van der Waals surface area contributed by atoms with Gasteiger partial charge in [0.05, 0.1) is 17.9 Å². The molecule has 0 spiro atoms. The average Bonchev–Trinajstić information content (AvgIpc) is 3.05. The molecule has 2 nitrogen and oxygen atoms in total. The van der Waals surface area contributed by atoms with E-state index in [4.69, 9.17) is 4.99 Å². The molecule has 1 fully saturated rings. The molecule has 1 saturated heterocycles. The van der Waals surface area contributed by atoms with E-state index in [-0.39, 0.29) is 0 Å². The highest BCUT2D eigenvalue weighted by Gasteiger charge is 2.59. The highest BCUT2D eigenvalue weighted by molar-refractivity contribution is 6.14. The Balaban J connectivity index is 1.51. The van der Waals surface area contributed by atoms with Gasteiger partial charge in [-0.05, 0) is 50.7 Å². The van der Waals surface area contributed by atoms with Crippen molar-refractivity contribution < 1.29 is 0 Å². The lowest BCUT2D eigenvalue weighted by Crippen LogP contribution is -2.63. The third-order valence-corrected chi connectivity index (χ3v) is 8.49. The van der Waals surface area contributed by atoms with E-state index >= 15 is 0 Å². The Morgan fingerprint density at radius 1 is 0.537 bits per heavy atom. The van der Waals surface area contributed by atoms with Gasteiger partial charge in [-0.3, -0.25) is 0 Å². The SMILES string of the molecule is c1ccc(C(=C2N3Cc4cc5ccccc5cc4N=C3C2(c2ccccc2)c2ccccc2)c2ccccc2)cc1. The topological polar surface area (TPSA) is 15.6 Å². The molecule has 2 aliphatic heterocycles. The molecule has 0 aliphatic carbocycles. The summed E-state index contributed by atoms with van der Waals surface area (Å²) < 4.78 is 0. The minimum absolute atomic E-state index is 0.535. The van der Waals surface area contributed by atoms with Gasteiger partial charge in [-0.1, -0.05) is 146 Å². The van der Waals surface area contributed by atoms with E-state index < -0.39 is 5.41 Å². The normalized spacial score (nSPS) is 15.0. The van der Waals surface area contributed by atoms with Crippen LogP contribution in [0, 0.1) is 0 Å². The Bertz CT molecular complexity index is 1860. The maximum atomic E-state index is 5.50. The molecular formula is C39H28N2. The number of fused-ring (bicyclic) bond motifs is 3. The van der Waals surface area contributed by atoms with E-state index in [1.54, 1.807) is 0 Å². The Morgan fingerprint density at radius 3 is 1.54 bits per heavy atom. The van der Waals surface area contributed by atoms with Crippen molar-refractivity contribution in [2.75, 3.05) is 0 Å². The van der Waals surface area contributed by atoms with Gasteiger partial charge >= 0.3 is 0 Å². The highest BCUT2D eigenvalue weighted by atomic mass is 15.3. The molecule has 194 valence electrons. The van der Waals surface area contributed by atoms with Crippen molar-refractivity contribution >= 4 is 27.9 Å². The molecule has 41 heavy (non-hydrogen) atoms. The molecule has 0 bridgehead atoms. The second kappa shape index (κ2) is 9.46. The summed E-state index contributed by atoms with van der Waals surface area (Å²) in [6.07, 6.45) is 0. The van der Waals surface area contributed by atoms with E-state index in [0.717, 1.165) is 18.1 Å². The predicted octanol–water partition coefficient (Wildman–Crippen LogP) is 9.14. The fourth-order valence-corrected chi connectivity index (χ4v) is 6.70. The van der Waals surface area contributed by atoms with Crippen LogP contribution in [0.3, 0.4) is 0 Å². The van der Waals surface area contributed by atoms with Gasteiger partial charge in [-0.15, -0.1) is 0 Å². The second-order valence-electron chi connectivity index (χ2n) is 10.8. The number of aliphatic imine (C=N–C) groups is 1. The Hall–Kier alpha value is -5.21. The minimum atomic E-state index is -0.535. The van der Waals surface area contributed by atoms with Crippen molar-refractivity contribution in [1.82, 2.24) is 4.90 Å². The van der Waals surface area contributed by atoms with Gasteiger partial charge < -0.3 is 4.90 Å². The van der Waals surface area contributed by atoms with Crippen LogP contribution < -0.4 is 0 Å². The first-order chi connectivity index (χ1) is 20.3. The number of amidine groups is 1. The van der Waals surface area contributed by atoms with Crippen LogP contribution in [0.4, 0.5) is 5.69 Å². The fourth-order valence-electron chi connectivity index (χ4n) is 6.70. The zero-order valence-corrected chi connectivity index (χ0v) is 22.6. The van der Waals surface area contributed by atoms with Crippen molar-refractivity contribution in [3.8, 4) is 0 Å². The van der Waals surface area contributed by atoms with Gasteiger partial charge in [0.1, 0.15) is 11.3 Å². The van der Waals surface area contributed by atoms with Crippen LogP contribution in [0.25, 0.3) is 16.3 Å². The first-order valence-corrected chi connectivity index (χ1v) is 14.2. The van der Waals surface area contributed by atoms with Crippen molar-refractivity contribution in [3.63, 3.8) is 0 Å². The monoisotopic (exact) mass is 524 g/mol. The quantitative estimate of drug-likeness (QED) is 0.224. The van der Waals surface area contributed by atoms with Crippen molar-refractivity contribution in [3.05, 3.63) is 191 Å². The lowest BCUT2D eigenvalue weighted by atomic mass is 9.61. The van der Waals surface area contributed by atoms with Gasteiger partial charge in [-0.25, -0.2) is 4.99 Å². The van der Waals surface area contributed by atoms with E-state index in [0.29, 0.717) is 0 Å². The summed E-state index contributed by atoms with van der Waals surface area (Å²) in [6.45, 7) is 0.777. The maximum absolute atomic E-state index is 5.50. The summed E-state index contributed by atoms with van der Waals surface area (Å²) in [7, 11) is 0. The number of benzene rings is 6. The molecule has 6 aromatic rings. The first-order valence-electron chi connectivity index (χ1n) is 14.2. The van der Waals surface area contributed by atoms with Crippen LogP contribution in [-0.2, 0) is 12.0 Å². The van der Waals surface area contributed by atoms with E-state index in [1.165, 1.54) is 49.9 Å². The summed E-state index contributed by atoms with van der Waals surface area (Å²) in [4.78, 5) is 7.96. The van der Waals surface area contributed by atoms with E-state index in [1.807, 2.05) is 0 Å². The summed E-state index contributed by atoms with van der Waals surface area (Å²) in [5.41, 5.74) is 9.14. The number of hydrogen-bond donors (Lipinski definition) is 0. The van der Waals surface area contributed by atoms with Crippen LogP contribution in [-0.4, -0.2) is 10.7 Å². The van der Waals surface area contributed by atoms with Crippen LogP contribution >= 0.6 is 0 Å². The van der Waals surface area contributed by atoms with Gasteiger partial charge in [0.15, 0.2) is 0 Å². The van der Waals surface area contributed by atoms with Crippen molar-refractivity contribution in [2.24, 2.45) is 4.99 Å². The zero-order chi connectivity index (χ0) is 27.2. The average molecular weight is 525 g/mol. The van der Waals surface area contributed by atoms with Crippen LogP contribution in [0.5, 0.6) is 0 Å². The van der Waals surface area contributed by atoms with Crippen molar-refractivity contribution in [1.29, 1.82) is 0 Å². The standard InChI is InChI=1S/C39H28N2/c1-5-15-28(16-6-1)36(29-17-7-2-8-18-29)37-39(33-21-9-3-10-22-33,34-23-11-4-12-24-34)38-40-35-26-31-20-14-13-19-30(31)25-32(35)27-41(37)38/h1-26H,27H2. The molecule has 0 aromatic heterocycles. The first kappa shape index (κ1) is 23.7. The number of rotatable bonds is 4. The maximum Gasteiger partial charge on any atom is 0.131 e.